The second-order valence-electron chi connectivity index (χ2n) is 2.94. The van der Waals surface area contributed by atoms with E-state index in [1.807, 2.05) is 18.2 Å². The third-order valence-corrected chi connectivity index (χ3v) is 2.97. The second kappa shape index (κ2) is 6.84. The van der Waals surface area contributed by atoms with Gasteiger partial charge in [-0.1, -0.05) is 18.2 Å². The van der Waals surface area contributed by atoms with Crippen molar-refractivity contribution in [1.82, 2.24) is 5.43 Å². The Bertz CT molecular complexity index is 243. The Morgan fingerprint density at radius 3 is 2.71 bits per heavy atom. The average molecular weight is 212 g/mol. The molecule has 0 aliphatic heterocycles. The van der Waals surface area contributed by atoms with Crippen molar-refractivity contribution >= 4 is 11.8 Å². The highest BCUT2D eigenvalue weighted by molar-refractivity contribution is 7.99. The lowest BCUT2D eigenvalue weighted by atomic mass is 10.4. The molecular weight excluding hydrogens is 196 g/mol. The maximum atomic E-state index is 5.38. The number of benzene rings is 1. The molecule has 0 saturated heterocycles. The maximum Gasteiger partial charge on any atom is 0.0637 e. The summed E-state index contributed by atoms with van der Waals surface area (Å²) >= 11 is 1.77. The fourth-order valence-electron chi connectivity index (χ4n) is 1.06. The van der Waals surface area contributed by atoms with Crippen LogP contribution in [0.5, 0.6) is 0 Å². The molecule has 0 fully saturated rings. The van der Waals surface area contributed by atoms with E-state index < -0.39 is 0 Å². The van der Waals surface area contributed by atoms with Crippen molar-refractivity contribution in [2.45, 2.75) is 10.9 Å². The zero-order valence-corrected chi connectivity index (χ0v) is 9.09. The number of hydrazine groups is 1. The van der Waals surface area contributed by atoms with Crippen LogP contribution >= 0.6 is 11.8 Å². The van der Waals surface area contributed by atoms with Gasteiger partial charge in [0.15, 0.2) is 0 Å². The third-order valence-electron chi connectivity index (χ3n) is 1.80. The topological polar surface area (TPSA) is 47.3 Å². The van der Waals surface area contributed by atoms with Crippen LogP contribution in [0.4, 0.5) is 0 Å². The van der Waals surface area contributed by atoms with Gasteiger partial charge >= 0.3 is 0 Å². The van der Waals surface area contributed by atoms with Crippen LogP contribution in [0.1, 0.15) is 0 Å². The Kier molecular flexibility index (Phi) is 5.63. The minimum Gasteiger partial charge on any atom is -0.383 e. The van der Waals surface area contributed by atoms with E-state index >= 15 is 0 Å². The smallest absolute Gasteiger partial charge is 0.0637 e. The van der Waals surface area contributed by atoms with Crippen molar-refractivity contribution in [3.8, 4) is 0 Å². The van der Waals surface area contributed by atoms with Crippen LogP contribution in [0, 0.1) is 0 Å². The summed E-state index contributed by atoms with van der Waals surface area (Å²) in [5, 5.41) is 0. The Morgan fingerprint density at radius 1 is 1.43 bits per heavy atom. The van der Waals surface area contributed by atoms with Crippen LogP contribution in [-0.4, -0.2) is 25.5 Å². The first-order valence-corrected chi connectivity index (χ1v) is 5.48. The molecule has 1 aromatic rings. The van der Waals surface area contributed by atoms with Gasteiger partial charge in [-0.05, 0) is 12.1 Å². The largest absolute Gasteiger partial charge is 0.383 e. The number of nitrogens with one attached hydrogen (secondary N) is 1. The highest BCUT2D eigenvalue weighted by Crippen LogP contribution is 2.17. The summed E-state index contributed by atoms with van der Waals surface area (Å²) in [5.41, 5.74) is 2.73. The van der Waals surface area contributed by atoms with Gasteiger partial charge in [-0.25, -0.2) is 0 Å². The van der Waals surface area contributed by atoms with Gasteiger partial charge in [0, 0.05) is 17.8 Å². The molecule has 3 N–H and O–H groups in total. The summed E-state index contributed by atoms with van der Waals surface area (Å²) < 4.78 is 5.03. The molecule has 14 heavy (non-hydrogen) atoms. The molecule has 0 aliphatic rings. The standard InChI is InChI=1S/C10H16N2OS/c1-13-7-9(12-11)8-14-10-5-3-2-4-6-10/h2-6,9,12H,7-8,11H2,1H3. The van der Waals surface area contributed by atoms with Crippen molar-refractivity contribution in [1.29, 1.82) is 0 Å². The number of thioether (sulfide) groups is 1. The molecule has 0 aromatic heterocycles. The summed E-state index contributed by atoms with van der Waals surface area (Å²) in [6.07, 6.45) is 0. The molecule has 1 unspecified atom stereocenters. The minimum atomic E-state index is 0.199. The highest BCUT2D eigenvalue weighted by atomic mass is 32.2. The number of methoxy groups -OCH3 is 1. The van der Waals surface area contributed by atoms with Gasteiger partial charge in [-0.2, -0.15) is 0 Å². The van der Waals surface area contributed by atoms with Gasteiger partial charge in [-0.15, -0.1) is 11.8 Å². The Hall–Kier alpha value is -0.550. The van der Waals surface area contributed by atoms with Gasteiger partial charge in [0.05, 0.1) is 12.6 Å². The van der Waals surface area contributed by atoms with E-state index in [1.54, 1.807) is 18.9 Å². The number of nitrogens with two attached hydrogens (primary N) is 1. The third kappa shape index (κ3) is 4.11. The quantitative estimate of drug-likeness (QED) is 0.423. The van der Waals surface area contributed by atoms with Crippen molar-refractivity contribution in [3.05, 3.63) is 30.3 Å². The minimum absolute atomic E-state index is 0.199. The maximum absolute atomic E-state index is 5.38. The summed E-state index contributed by atoms with van der Waals surface area (Å²) in [5.74, 6) is 6.29. The summed E-state index contributed by atoms with van der Waals surface area (Å²) in [6.45, 7) is 0.635. The van der Waals surface area contributed by atoms with Gasteiger partial charge < -0.3 is 4.74 Å². The first kappa shape index (κ1) is 11.5. The number of ether oxygens (including phenoxy) is 1. The zero-order chi connectivity index (χ0) is 10.2. The molecule has 3 nitrogen and oxygen atoms in total. The van der Waals surface area contributed by atoms with Crippen molar-refractivity contribution in [3.63, 3.8) is 0 Å². The molecule has 1 atom stereocenters. The molecular formula is C10H16N2OS. The average Bonchev–Trinajstić information content (AvgIpc) is 2.25. The first-order valence-electron chi connectivity index (χ1n) is 4.49. The highest BCUT2D eigenvalue weighted by Gasteiger charge is 2.05. The molecule has 0 amide bonds. The Labute approximate surface area is 89.0 Å². The molecule has 0 saturated carbocycles. The van der Waals surface area contributed by atoms with Crippen LogP contribution in [0.3, 0.4) is 0 Å². The van der Waals surface area contributed by atoms with E-state index in [4.69, 9.17) is 10.6 Å². The van der Waals surface area contributed by atoms with Gasteiger partial charge in [0.1, 0.15) is 0 Å². The van der Waals surface area contributed by atoms with E-state index in [9.17, 15) is 0 Å². The van der Waals surface area contributed by atoms with Gasteiger partial charge in [0.25, 0.3) is 0 Å². The SMILES string of the molecule is COCC(CSc1ccccc1)NN. The second-order valence-corrected chi connectivity index (χ2v) is 4.04. The van der Waals surface area contributed by atoms with Crippen molar-refractivity contribution in [2.24, 2.45) is 5.84 Å². The fraction of sp³-hybridized carbons (Fsp3) is 0.400. The first-order chi connectivity index (χ1) is 6.86. The van der Waals surface area contributed by atoms with Gasteiger partial charge in [0.2, 0.25) is 0 Å². The summed E-state index contributed by atoms with van der Waals surface area (Å²) in [4.78, 5) is 1.25. The molecule has 78 valence electrons. The van der Waals surface area contributed by atoms with E-state index in [-0.39, 0.29) is 6.04 Å². The molecule has 4 heteroatoms. The van der Waals surface area contributed by atoms with E-state index in [1.165, 1.54) is 4.90 Å². The van der Waals surface area contributed by atoms with Crippen LogP contribution in [-0.2, 0) is 4.74 Å². The predicted octanol–water partition coefficient (Wildman–Crippen LogP) is 1.26. The van der Waals surface area contributed by atoms with E-state index in [0.717, 1.165) is 5.75 Å². The number of hydrogen-bond donors (Lipinski definition) is 2. The Morgan fingerprint density at radius 2 is 2.14 bits per heavy atom. The lowest BCUT2D eigenvalue weighted by molar-refractivity contribution is 0.174. The zero-order valence-electron chi connectivity index (χ0n) is 8.27. The van der Waals surface area contributed by atoms with E-state index in [2.05, 4.69) is 17.6 Å². The molecule has 0 bridgehead atoms. The van der Waals surface area contributed by atoms with Crippen LogP contribution in [0.15, 0.2) is 35.2 Å². The molecule has 0 radical (unpaired) electrons. The van der Waals surface area contributed by atoms with Gasteiger partial charge in [-0.3, -0.25) is 11.3 Å². The van der Waals surface area contributed by atoms with E-state index in [0.29, 0.717) is 6.61 Å². The molecule has 0 aliphatic carbocycles. The van der Waals surface area contributed by atoms with Crippen LogP contribution < -0.4 is 11.3 Å². The summed E-state index contributed by atoms with van der Waals surface area (Å²) in [6, 6.07) is 10.5. The molecule has 0 heterocycles. The Balaban J connectivity index is 2.32. The predicted molar refractivity (Wildman–Crippen MR) is 60.2 cm³/mol. The molecule has 0 spiro atoms. The van der Waals surface area contributed by atoms with Crippen LogP contribution in [0.25, 0.3) is 0 Å². The monoisotopic (exact) mass is 212 g/mol. The lowest BCUT2D eigenvalue weighted by Crippen LogP contribution is -2.40. The number of hydrogen-bond acceptors (Lipinski definition) is 4. The van der Waals surface area contributed by atoms with Crippen molar-refractivity contribution in [2.75, 3.05) is 19.5 Å². The lowest BCUT2D eigenvalue weighted by Gasteiger charge is -2.13. The van der Waals surface area contributed by atoms with Crippen LogP contribution in [0.2, 0.25) is 0 Å². The normalized spacial score (nSPS) is 12.7. The molecule has 1 rings (SSSR count). The number of rotatable bonds is 6. The molecule has 1 aromatic carbocycles. The van der Waals surface area contributed by atoms with Crippen molar-refractivity contribution < 1.29 is 4.74 Å². The summed E-state index contributed by atoms with van der Waals surface area (Å²) in [7, 11) is 1.68. The fourth-order valence-corrected chi connectivity index (χ4v) is 1.99.